The van der Waals surface area contributed by atoms with Crippen LogP contribution in [0.3, 0.4) is 0 Å². The van der Waals surface area contributed by atoms with Crippen molar-refractivity contribution in [3.8, 4) is 5.75 Å². The lowest BCUT2D eigenvalue weighted by atomic mass is 10.1. The molecule has 27 heavy (non-hydrogen) atoms. The van der Waals surface area contributed by atoms with Crippen LogP contribution in [-0.4, -0.2) is 59.3 Å². The van der Waals surface area contributed by atoms with E-state index in [1.54, 1.807) is 6.20 Å². The standard InChI is InChI=1S/C20H26N4O3/c1-23-9-8-22-19(23)18-13-21-7-10-24(18)20(25)15-4-2-5-16(12-15)27-14-17-6-3-11-26-17/h2,4-5,8-9,12,17-18,21H,3,6-7,10-11,13-14H2,1H3. The van der Waals surface area contributed by atoms with Gasteiger partial charge in [-0.15, -0.1) is 0 Å². The molecule has 2 unspecified atom stereocenters. The van der Waals surface area contributed by atoms with Gasteiger partial charge in [0, 0.05) is 51.2 Å². The Balaban J connectivity index is 1.49. The van der Waals surface area contributed by atoms with E-state index in [-0.39, 0.29) is 18.1 Å². The van der Waals surface area contributed by atoms with Crippen LogP contribution in [0.15, 0.2) is 36.7 Å². The van der Waals surface area contributed by atoms with E-state index in [0.717, 1.165) is 31.8 Å². The van der Waals surface area contributed by atoms with Crippen LogP contribution in [0.1, 0.15) is 35.1 Å². The number of aromatic nitrogens is 2. The van der Waals surface area contributed by atoms with E-state index >= 15 is 0 Å². The highest BCUT2D eigenvalue weighted by Gasteiger charge is 2.31. The summed E-state index contributed by atoms with van der Waals surface area (Å²) >= 11 is 0. The molecule has 1 amide bonds. The van der Waals surface area contributed by atoms with Gasteiger partial charge in [-0.05, 0) is 31.0 Å². The molecule has 4 rings (SSSR count). The van der Waals surface area contributed by atoms with Gasteiger partial charge in [-0.2, -0.15) is 0 Å². The van der Waals surface area contributed by atoms with Crippen LogP contribution < -0.4 is 10.1 Å². The molecule has 0 aliphatic carbocycles. The zero-order valence-corrected chi connectivity index (χ0v) is 15.6. The summed E-state index contributed by atoms with van der Waals surface area (Å²) in [6, 6.07) is 7.35. The summed E-state index contributed by atoms with van der Waals surface area (Å²) < 4.78 is 13.4. The summed E-state index contributed by atoms with van der Waals surface area (Å²) in [6.45, 7) is 3.47. The normalized spacial score (nSPS) is 22.8. The number of nitrogens with one attached hydrogen (secondary N) is 1. The van der Waals surface area contributed by atoms with E-state index in [9.17, 15) is 4.79 Å². The SMILES string of the molecule is Cn1ccnc1C1CNCCN1C(=O)c1cccc(OCC2CCCO2)c1. The molecule has 0 saturated carbocycles. The van der Waals surface area contributed by atoms with E-state index < -0.39 is 0 Å². The molecule has 1 aromatic carbocycles. The zero-order chi connectivity index (χ0) is 18.6. The number of benzene rings is 1. The Morgan fingerprint density at radius 1 is 1.44 bits per heavy atom. The minimum Gasteiger partial charge on any atom is -0.491 e. The summed E-state index contributed by atoms with van der Waals surface area (Å²) in [5.74, 6) is 1.61. The lowest BCUT2D eigenvalue weighted by molar-refractivity contribution is 0.0617. The summed E-state index contributed by atoms with van der Waals surface area (Å²) in [5.41, 5.74) is 0.640. The van der Waals surface area contributed by atoms with Gasteiger partial charge in [-0.1, -0.05) is 6.07 Å². The summed E-state index contributed by atoms with van der Waals surface area (Å²) in [4.78, 5) is 19.6. The molecule has 0 spiro atoms. The van der Waals surface area contributed by atoms with Gasteiger partial charge < -0.3 is 24.3 Å². The van der Waals surface area contributed by atoms with E-state index in [4.69, 9.17) is 9.47 Å². The van der Waals surface area contributed by atoms with Gasteiger partial charge >= 0.3 is 0 Å². The number of hydrogen-bond donors (Lipinski definition) is 1. The summed E-state index contributed by atoms with van der Waals surface area (Å²) in [7, 11) is 1.96. The molecule has 144 valence electrons. The zero-order valence-electron chi connectivity index (χ0n) is 15.6. The topological polar surface area (TPSA) is 68.6 Å². The van der Waals surface area contributed by atoms with Crippen LogP contribution in [0.4, 0.5) is 0 Å². The average molecular weight is 370 g/mol. The Kier molecular flexibility index (Phi) is 5.40. The maximum Gasteiger partial charge on any atom is 0.254 e. The molecule has 0 bridgehead atoms. The number of hydrogen-bond acceptors (Lipinski definition) is 5. The first-order chi connectivity index (χ1) is 13.2. The van der Waals surface area contributed by atoms with E-state index in [2.05, 4.69) is 10.3 Å². The molecule has 0 radical (unpaired) electrons. The van der Waals surface area contributed by atoms with Crippen molar-refractivity contribution in [3.05, 3.63) is 48.0 Å². The molecule has 2 saturated heterocycles. The number of piperazine rings is 1. The second-order valence-electron chi connectivity index (χ2n) is 7.09. The maximum atomic E-state index is 13.2. The predicted octanol–water partition coefficient (Wildman–Crippen LogP) is 1.76. The van der Waals surface area contributed by atoms with Gasteiger partial charge in [0.2, 0.25) is 0 Å². The van der Waals surface area contributed by atoms with Crippen molar-refractivity contribution in [3.63, 3.8) is 0 Å². The van der Waals surface area contributed by atoms with Crippen molar-refractivity contribution in [1.82, 2.24) is 19.8 Å². The number of ether oxygens (including phenoxy) is 2. The van der Waals surface area contributed by atoms with Gasteiger partial charge in [0.25, 0.3) is 5.91 Å². The smallest absolute Gasteiger partial charge is 0.254 e. The Labute approximate surface area is 159 Å². The first kappa shape index (κ1) is 18.0. The lowest BCUT2D eigenvalue weighted by Crippen LogP contribution is -2.49. The molecule has 7 heteroatoms. The molecular weight excluding hydrogens is 344 g/mol. The largest absolute Gasteiger partial charge is 0.491 e. The number of nitrogens with zero attached hydrogens (tertiary/aromatic N) is 3. The van der Waals surface area contributed by atoms with Crippen LogP contribution in [0, 0.1) is 0 Å². The monoisotopic (exact) mass is 370 g/mol. The highest BCUT2D eigenvalue weighted by molar-refractivity contribution is 5.95. The molecule has 2 aliphatic rings. The molecule has 1 N–H and O–H groups in total. The van der Waals surface area contributed by atoms with Crippen molar-refractivity contribution >= 4 is 5.91 Å². The first-order valence-electron chi connectivity index (χ1n) is 9.56. The Morgan fingerprint density at radius 2 is 2.37 bits per heavy atom. The van der Waals surface area contributed by atoms with Gasteiger partial charge in [0.15, 0.2) is 0 Å². The molecule has 2 fully saturated rings. The molecule has 1 aromatic heterocycles. The van der Waals surface area contributed by atoms with Crippen molar-refractivity contribution in [2.24, 2.45) is 7.05 Å². The second kappa shape index (κ2) is 8.10. The van der Waals surface area contributed by atoms with Crippen molar-refractivity contribution in [2.45, 2.75) is 25.0 Å². The summed E-state index contributed by atoms with van der Waals surface area (Å²) in [6.07, 6.45) is 5.96. The minimum absolute atomic E-state index is 0.00654. The third kappa shape index (κ3) is 3.99. The number of imidazole rings is 1. The van der Waals surface area contributed by atoms with Gasteiger partial charge in [0.1, 0.15) is 24.2 Å². The first-order valence-corrected chi connectivity index (χ1v) is 9.56. The highest BCUT2D eigenvalue weighted by atomic mass is 16.5. The number of rotatable bonds is 5. The van der Waals surface area contributed by atoms with Gasteiger partial charge in [-0.3, -0.25) is 4.79 Å². The Hall–Kier alpha value is -2.38. The van der Waals surface area contributed by atoms with E-state index in [0.29, 0.717) is 31.0 Å². The quantitative estimate of drug-likeness (QED) is 0.869. The number of carbonyl (C=O) groups excluding carboxylic acids is 1. The molecule has 2 aromatic rings. The fourth-order valence-electron chi connectivity index (χ4n) is 3.73. The summed E-state index contributed by atoms with van der Waals surface area (Å²) in [5, 5.41) is 3.36. The average Bonchev–Trinajstić information content (AvgIpc) is 3.37. The molecule has 7 nitrogen and oxygen atoms in total. The number of carbonyl (C=O) groups is 1. The Bertz CT molecular complexity index is 785. The number of aryl methyl sites for hydroxylation is 1. The van der Waals surface area contributed by atoms with E-state index in [1.807, 2.05) is 47.0 Å². The van der Waals surface area contributed by atoms with Gasteiger partial charge in [-0.25, -0.2) is 4.98 Å². The predicted molar refractivity (Wildman–Crippen MR) is 101 cm³/mol. The van der Waals surface area contributed by atoms with Crippen molar-refractivity contribution in [2.75, 3.05) is 32.8 Å². The van der Waals surface area contributed by atoms with Crippen LogP contribution in [0.25, 0.3) is 0 Å². The van der Waals surface area contributed by atoms with Crippen LogP contribution in [0.5, 0.6) is 5.75 Å². The Morgan fingerprint density at radius 3 is 3.15 bits per heavy atom. The molecule has 3 heterocycles. The van der Waals surface area contributed by atoms with Crippen molar-refractivity contribution in [1.29, 1.82) is 0 Å². The maximum absolute atomic E-state index is 13.2. The van der Waals surface area contributed by atoms with Crippen LogP contribution >= 0.6 is 0 Å². The molecular formula is C20H26N4O3. The van der Waals surface area contributed by atoms with Crippen LogP contribution in [0.2, 0.25) is 0 Å². The third-order valence-electron chi connectivity index (χ3n) is 5.20. The fourth-order valence-corrected chi connectivity index (χ4v) is 3.73. The number of amides is 1. The third-order valence-corrected chi connectivity index (χ3v) is 5.20. The molecule has 2 aliphatic heterocycles. The highest BCUT2D eigenvalue weighted by Crippen LogP contribution is 2.24. The molecule has 2 atom stereocenters. The second-order valence-corrected chi connectivity index (χ2v) is 7.09. The van der Waals surface area contributed by atoms with Crippen molar-refractivity contribution < 1.29 is 14.3 Å². The minimum atomic E-state index is -0.0808. The van der Waals surface area contributed by atoms with E-state index in [1.165, 1.54) is 0 Å². The fraction of sp³-hybridized carbons (Fsp3) is 0.500. The van der Waals surface area contributed by atoms with Gasteiger partial charge in [0.05, 0.1) is 6.10 Å². The lowest BCUT2D eigenvalue weighted by Gasteiger charge is -2.35. The van der Waals surface area contributed by atoms with Crippen LogP contribution in [-0.2, 0) is 11.8 Å².